The minimum atomic E-state index is -1.55. The third-order valence-corrected chi connectivity index (χ3v) is 4.50. The van der Waals surface area contributed by atoms with Crippen LogP contribution >= 0.6 is 0 Å². The highest BCUT2D eigenvalue weighted by Gasteiger charge is 2.45. The highest BCUT2D eigenvalue weighted by atomic mass is 16.7. The molecule has 8 atom stereocenters. The number of aliphatic hydroxyl groups excluding tert-OH is 5. The zero-order valence-electron chi connectivity index (χ0n) is 14.5. The molecule has 5 N–H and O–H groups in total. The molecule has 0 bridgehead atoms. The van der Waals surface area contributed by atoms with Crippen molar-refractivity contribution in [1.82, 2.24) is 0 Å². The summed E-state index contributed by atoms with van der Waals surface area (Å²) >= 11 is 0. The molecule has 0 aliphatic carbocycles. The van der Waals surface area contributed by atoms with Crippen LogP contribution in [0.1, 0.15) is 0 Å². The molecule has 2 aliphatic rings. The first-order valence-corrected chi connectivity index (χ1v) is 8.48. The smallest absolute Gasteiger partial charge is 0.269 e. The maximum atomic E-state index is 10.7. The predicted molar refractivity (Wildman–Crippen MR) is 88.1 cm³/mol. The summed E-state index contributed by atoms with van der Waals surface area (Å²) in [6, 6.07) is 5.08. The second kappa shape index (κ2) is 8.63. The SMILES string of the molecule is O=[N+]([O-])c1ccc(OC2OCC(OC3OCC(O)C(O)C3O)C(O)C2O)cc1. The van der Waals surface area contributed by atoms with Crippen molar-refractivity contribution in [2.75, 3.05) is 13.2 Å². The normalized spacial score (nSPS) is 38.8. The summed E-state index contributed by atoms with van der Waals surface area (Å²) in [5, 5.41) is 60.1. The Balaban J connectivity index is 1.57. The Bertz CT molecular complexity index is 671. The Morgan fingerprint density at radius 2 is 1.50 bits per heavy atom. The van der Waals surface area contributed by atoms with Gasteiger partial charge in [-0.25, -0.2) is 0 Å². The zero-order valence-corrected chi connectivity index (χ0v) is 14.5. The number of hydrogen-bond donors (Lipinski definition) is 5. The van der Waals surface area contributed by atoms with Gasteiger partial charge in [0.15, 0.2) is 6.29 Å². The second-order valence-electron chi connectivity index (χ2n) is 6.48. The lowest BCUT2D eigenvalue weighted by Crippen LogP contribution is -2.60. The summed E-state index contributed by atoms with van der Waals surface area (Å²) in [6.45, 7) is -0.512. The van der Waals surface area contributed by atoms with E-state index >= 15 is 0 Å². The number of nitro benzene ring substituents is 1. The fourth-order valence-corrected chi connectivity index (χ4v) is 2.84. The molecule has 0 aromatic heterocycles. The van der Waals surface area contributed by atoms with Crippen LogP contribution in [0.3, 0.4) is 0 Å². The third kappa shape index (κ3) is 4.39. The molecule has 0 saturated carbocycles. The van der Waals surface area contributed by atoms with Crippen molar-refractivity contribution in [3.63, 3.8) is 0 Å². The number of benzene rings is 1. The van der Waals surface area contributed by atoms with Crippen molar-refractivity contribution in [3.05, 3.63) is 34.4 Å². The van der Waals surface area contributed by atoms with E-state index in [2.05, 4.69) is 0 Å². The maximum Gasteiger partial charge on any atom is 0.269 e. The van der Waals surface area contributed by atoms with Gasteiger partial charge in [0, 0.05) is 12.1 Å². The van der Waals surface area contributed by atoms with Crippen molar-refractivity contribution in [1.29, 1.82) is 0 Å². The Kier molecular flexibility index (Phi) is 6.42. The average molecular weight is 403 g/mol. The van der Waals surface area contributed by atoms with Gasteiger partial charge in [-0.2, -0.15) is 0 Å². The van der Waals surface area contributed by atoms with Crippen molar-refractivity contribution in [2.24, 2.45) is 0 Å². The lowest BCUT2D eigenvalue weighted by Gasteiger charge is -2.41. The molecule has 3 rings (SSSR count). The van der Waals surface area contributed by atoms with Gasteiger partial charge in [-0.05, 0) is 12.1 Å². The van der Waals surface area contributed by atoms with Crippen LogP contribution in [0.5, 0.6) is 5.75 Å². The van der Waals surface area contributed by atoms with Crippen LogP contribution in [0.15, 0.2) is 24.3 Å². The summed E-state index contributed by atoms with van der Waals surface area (Å²) in [4.78, 5) is 10.1. The molecule has 0 spiro atoms. The van der Waals surface area contributed by atoms with Gasteiger partial charge in [0.25, 0.3) is 5.69 Å². The maximum absolute atomic E-state index is 10.7. The van der Waals surface area contributed by atoms with Gasteiger partial charge in [-0.1, -0.05) is 0 Å². The quantitative estimate of drug-likeness (QED) is 0.268. The second-order valence-corrected chi connectivity index (χ2v) is 6.48. The van der Waals surface area contributed by atoms with Crippen LogP contribution in [0, 0.1) is 10.1 Å². The number of nitro groups is 1. The summed E-state index contributed by atoms with van der Waals surface area (Å²) in [7, 11) is 0. The van der Waals surface area contributed by atoms with Crippen molar-refractivity contribution in [3.8, 4) is 5.75 Å². The third-order valence-electron chi connectivity index (χ3n) is 4.50. The first-order chi connectivity index (χ1) is 13.3. The van der Waals surface area contributed by atoms with E-state index in [4.69, 9.17) is 18.9 Å². The fraction of sp³-hybridized carbons (Fsp3) is 0.625. The Morgan fingerprint density at radius 3 is 2.14 bits per heavy atom. The Morgan fingerprint density at radius 1 is 0.893 bits per heavy atom. The molecule has 2 fully saturated rings. The molecular formula is C16H21NO11. The van der Waals surface area contributed by atoms with Crippen molar-refractivity contribution >= 4 is 5.69 Å². The van der Waals surface area contributed by atoms with Gasteiger partial charge in [-0.3, -0.25) is 10.1 Å². The summed E-state index contributed by atoms with van der Waals surface area (Å²) in [5.74, 6) is 0.185. The molecule has 2 aliphatic heterocycles. The van der Waals surface area contributed by atoms with E-state index < -0.39 is 54.1 Å². The molecule has 0 radical (unpaired) electrons. The largest absolute Gasteiger partial charge is 0.462 e. The molecule has 12 heteroatoms. The first-order valence-electron chi connectivity index (χ1n) is 8.48. The molecule has 0 amide bonds. The molecule has 28 heavy (non-hydrogen) atoms. The number of aliphatic hydroxyl groups is 5. The number of rotatable bonds is 5. The highest BCUT2D eigenvalue weighted by molar-refractivity contribution is 5.36. The molecule has 8 unspecified atom stereocenters. The number of hydrogen-bond acceptors (Lipinski definition) is 11. The van der Waals surface area contributed by atoms with Gasteiger partial charge in [0.2, 0.25) is 6.29 Å². The van der Waals surface area contributed by atoms with Crippen LogP contribution in [0.2, 0.25) is 0 Å². The molecule has 12 nitrogen and oxygen atoms in total. The number of nitrogens with zero attached hydrogens (tertiary/aromatic N) is 1. The standard InChI is InChI=1S/C16H21NO11/c18-9-5-25-16(13(21)11(9)19)28-10-6-26-15(14(22)12(10)20)27-8-3-1-7(2-4-8)17(23)24/h1-4,9-16,18-22H,5-6H2. The Hall–Kier alpha value is -1.90. The number of ether oxygens (including phenoxy) is 4. The molecule has 2 heterocycles. The lowest BCUT2D eigenvalue weighted by atomic mass is 10.0. The van der Waals surface area contributed by atoms with Crippen LogP contribution in [0.4, 0.5) is 5.69 Å². The van der Waals surface area contributed by atoms with Crippen molar-refractivity contribution < 1.29 is 49.4 Å². The van der Waals surface area contributed by atoms with E-state index in [0.29, 0.717) is 0 Å². The van der Waals surface area contributed by atoms with E-state index in [9.17, 15) is 35.6 Å². The predicted octanol–water partition coefficient (Wildman–Crippen LogP) is -2.12. The lowest BCUT2D eigenvalue weighted by molar-refractivity contribution is -0.384. The molecule has 1 aromatic carbocycles. The van der Waals surface area contributed by atoms with E-state index in [1.807, 2.05) is 0 Å². The van der Waals surface area contributed by atoms with Gasteiger partial charge in [-0.15, -0.1) is 0 Å². The summed E-state index contributed by atoms with van der Waals surface area (Å²) in [5.41, 5.74) is -0.135. The van der Waals surface area contributed by atoms with E-state index in [0.717, 1.165) is 0 Å². The minimum absolute atomic E-state index is 0.135. The monoisotopic (exact) mass is 403 g/mol. The average Bonchev–Trinajstić information content (AvgIpc) is 2.68. The van der Waals surface area contributed by atoms with Gasteiger partial charge in [0.05, 0.1) is 18.1 Å². The van der Waals surface area contributed by atoms with Crippen LogP contribution in [0.25, 0.3) is 0 Å². The minimum Gasteiger partial charge on any atom is -0.462 e. The molecular weight excluding hydrogens is 382 g/mol. The van der Waals surface area contributed by atoms with Crippen LogP contribution in [-0.4, -0.2) is 92.9 Å². The van der Waals surface area contributed by atoms with Gasteiger partial charge in [0.1, 0.15) is 42.4 Å². The Labute approximate surface area is 158 Å². The molecule has 2 saturated heterocycles. The number of non-ortho nitro benzene ring substituents is 1. The fourth-order valence-electron chi connectivity index (χ4n) is 2.84. The van der Waals surface area contributed by atoms with Gasteiger partial charge >= 0.3 is 0 Å². The molecule has 156 valence electrons. The first kappa shape index (κ1) is 20.8. The summed E-state index contributed by atoms with van der Waals surface area (Å²) in [6.07, 6.45) is -11.0. The topological polar surface area (TPSA) is 181 Å². The van der Waals surface area contributed by atoms with Crippen molar-refractivity contribution in [2.45, 2.75) is 49.2 Å². The van der Waals surface area contributed by atoms with E-state index in [1.54, 1.807) is 0 Å². The van der Waals surface area contributed by atoms with Crippen LogP contribution in [-0.2, 0) is 14.2 Å². The van der Waals surface area contributed by atoms with Gasteiger partial charge < -0.3 is 44.5 Å². The van der Waals surface area contributed by atoms with Crippen LogP contribution < -0.4 is 4.74 Å². The zero-order chi connectivity index (χ0) is 20.4. The molecule has 1 aromatic rings. The summed E-state index contributed by atoms with van der Waals surface area (Å²) < 4.78 is 21.2. The van der Waals surface area contributed by atoms with E-state index in [-0.39, 0.29) is 24.7 Å². The highest BCUT2D eigenvalue weighted by Crippen LogP contribution is 2.26. The van der Waals surface area contributed by atoms with E-state index in [1.165, 1.54) is 24.3 Å².